The molecule has 8 heteroatoms. The Balaban J connectivity index is 1.97. The number of nitrogens with zero attached hydrogens (tertiary/aromatic N) is 1. The van der Waals surface area contributed by atoms with Gasteiger partial charge in [-0.05, 0) is 25.0 Å². The number of halogens is 1. The quantitative estimate of drug-likeness (QED) is 0.921. The Morgan fingerprint density at radius 1 is 1.42 bits per heavy atom. The zero-order valence-electron chi connectivity index (χ0n) is 10.4. The molecule has 0 aromatic carbocycles. The molecule has 0 unspecified atom stereocenters. The van der Waals surface area contributed by atoms with E-state index in [0.717, 1.165) is 11.3 Å². The highest BCUT2D eigenvalue weighted by Crippen LogP contribution is 2.26. The molecular formula is C11H15ClN2O3S2. The Bertz CT molecular complexity index is 562. The van der Waals surface area contributed by atoms with Crippen LogP contribution in [0.2, 0.25) is 4.34 Å². The van der Waals surface area contributed by atoms with E-state index >= 15 is 0 Å². The fourth-order valence-electron chi connectivity index (χ4n) is 2.03. The van der Waals surface area contributed by atoms with Crippen molar-refractivity contribution < 1.29 is 13.2 Å². The number of piperidine rings is 1. The van der Waals surface area contributed by atoms with Crippen LogP contribution in [-0.4, -0.2) is 38.4 Å². The fourth-order valence-corrected chi connectivity index (χ4v) is 4.84. The normalized spacial score (nSPS) is 17.7. The molecule has 0 atom stereocenters. The number of thiophene rings is 1. The van der Waals surface area contributed by atoms with Crippen LogP contribution >= 0.6 is 22.9 Å². The highest BCUT2D eigenvalue weighted by Gasteiger charge is 2.26. The largest absolute Gasteiger partial charge is 0.343 e. The van der Waals surface area contributed by atoms with Crippen molar-refractivity contribution in [3.05, 3.63) is 16.5 Å². The van der Waals surface area contributed by atoms with E-state index in [-0.39, 0.29) is 16.2 Å². The van der Waals surface area contributed by atoms with Crippen molar-refractivity contribution in [1.82, 2.24) is 9.62 Å². The van der Waals surface area contributed by atoms with E-state index in [1.54, 1.807) is 11.0 Å². The van der Waals surface area contributed by atoms with Crippen LogP contribution in [0.5, 0.6) is 0 Å². The summed E-state index contributed by atoms with van der Waals surface area (Å²) in [7, 11) is -3.50. The summed E-state index contributed by atoms with van der Waals surface area (Å²) >= 11 is 6.78. The minimum Gasteiger partial charge on any atom is -0.343 e. The van der Waals surface area contributed by atoms with Crippen LogP contribution in [0.3, 0.4) is 0 Å². The number of nitrogens with one attached hydrogen (secondary N) is 1. The number of carbonyl (C=O) groups is 1. The maximum Gasteiger partial charge on any atom is 0.250 e. The number of sulfonamides is 1. The molecule has 2 rings (SSSR count). The first kappa shape index (κ1) is 14.8. The highest BCUT2D eigenvalue weighted by atomic mass is 35.5. The van der Waals surface area contributed by atoms with E-state index < -0.39 is 10.0 Å². The summed E-state index contributed by atoms with van der Waals surface area (Å²) in [6, 6.07) is 2.94. The van der Waals surface area contributed by atoms with E-state index in [1.165, 1.54) is 13.0 Å². The summed E-state index contributed by atoms with van der Waals surface area (Å²) in [5, 5.41) is 0. The number of hydrogen-bond acceptors (Lipinski definition) is 4. The summed E-state index contributed by atoms with van der Waals surface area (Å²) in [5.74, 6) is 0.0337. The van der Waals surface area contributed by atoms with Crippen LogP contribution in [0.15, 0.2) is 16.3 Å². The Hall–Kier alpha value is -0.630. The van der Waals surface area contributed by atoms with E-state index in [9.17, 15) is 13.2 Å². The third-order valence-corrected chi connectivity index (χ3v) is 6.32. The fraction of sp³-hybridized carbons (Fsp3) is 0.545. The maximum atomic E-state index is 12.1. The lowest BCUT2D eigenvalue weighted by atomic mass is 10.1. The molecule has 2 heterocycles. The topological polar surface area (TPSA) is 66.5 Å². The standard InChI is InChI=1S/C11H15ClN2O3S2/c1-8(15)14-6-4-9(5-7-14)13-19(16,17)11-3-2-10(12)18-11/h2-3,9,13H,4-7H2,1H3. The average Bonchev–Trinajstić information content (AvgIpc) is 2.77. The summed E-state index contributed by atoms with van der Waals surface area (Å²) in [6.07, 6.45) is 1.27. The van der Waals surface area contributed by atoms with Gasteiger partial charge in [0.25, 0.3) is 0 Å². The molecular weight excluding hydrogens is 308 g/mol. The van der Waals surface area contributed by atoms with Gasteiger partial charge in [-0.15, -0.1) is 11.3 Å². The van der Waals surface area contributed by atoms with Gasteiger partial charge in [-0.25, -0.2) is 13.1 Å². The monoisotopic (exact) mass is 322 g/mol. The third-order valence-electron chi connectivity index (χ3n) is 3.08. The van der Waals surface area contributed by atoms with Crippen LogP contribution in [0.1, 0.15) is 19.8 Å². The van der Waals surface area contributed by atoms with Crippen molar-refractivity contribution in [3.63, 3.8) is 0 Å². The summed E-state index contributed by atoms with van der Waals surface area (Å²) in [6.45, 7) is 2.71. The molecule has 1 aliphatic rings. The molecule has 19 heavy (non-hydrogen) atoms. The first-order chi connectivity index (χ1) is 8.88. The molecule has 5 nitrogen and oxygen atoms in total. The molecule has 1 saturated heterocycles. The molecule has 0 spiro atoms. The molecule has 106 valence electrons. The highest BCUT2D eigenvalue weighted by molar-refractivity contribution is 7.91. The van der Waals surface area contributed by atoms with Gasteiger partial charge in [-0.3, -0.25) is 4.79 Å². The predicted molar refractivity (Wildman–Crippen MR) is 74.9 cm³/mol. The van der Waals surface area contributed by atoms with Crippen LogP contribution in [0.25, 0.3) is 0 Å². The van der Waals surface area contributed by atoms with Crippen LogP contribution in [-0.2, 0) is 14.8 Å². The van der Waals surface area contributed by atoms with Gasteiger partial charge in [0, 0.05) is 26.1 Å². The second kappa shape index (κ2) is 5.78. The molecule has 1 aliphatic heterocycles. The third kappa shape index (κ3) is 3.68. The zero-order chi connectivity index (χ0) is 14.0. The second-order valence-electron chi connectivity index (χ2n) is 4.46. The number of hydrogen-bond donors (Lipinski definition) is 1. The molecule has 1 aromatic heterocycles. The molecule has 0 bridgehead atoms. The lowest BCUT2D eigenvalue weighted by molar-refractivity contribution is -0.129. The molecule has 1 aromatic rings. The van der Waals surface area contributed by atoms with Gasteiger partial charge < -0.3 is 4.90 Å². The van der Waals surface area contributed by atoms with E-state index in [4.69, 9.17) is 11.6 Å². The number of likely N-dealkylation sites (tertiary alicyclic amines) is 1. The zero-order valence-corrected chi connectivity index (χ0v) is 12.8. The van der Waals surface area contributed by atoms with Crippen LogP contribution in [0.4, 0.5) is 0 Å². The molecule has 1 N–H and O–H groups in total. The Morgan fingerprint density at radius 3 is 2.53 bits per heavy atom. The molecule has 0 aliphatic carbocycles. The van der Waals surface area contributed by atoms with Gasteiger partial charge in [-0.1, -0.05) is 11.6 Å². The maximum absolute atomic E-state index is 12.1. The van der Waals surface area contributed by atoms with Crippen LogP contribution < -0.4 is 4.72 Å². The molecule has 1 fully saturated rings. The average molecular weight is 323 g/mol. The second-order valence-corrected chi connectivity index (χ2v) is 8.12. The van der Waals surface area contributed by atoms with E-state index in [1.807, 2.05) is 0 Å². The van der Waals surface area contributed by atoms with Gasteiger partial charge in [0.15, 0.2) is 0 Å². The van der Waals surface area contributed by atoms with Gasteiger partial charge in [0.1, 0.15) is 4.21 Å². The lowest BCUT2D eigenvalue weighted by Crippen LogP contribution is -2.45. The van der Waals surface area contributed by atoms with Crippen molar-refractivity contribution in [2.24, 2.45) is 0 Å². The van der Waals surface area contributed by atoms with Crippen LogP contribution in [0, 0.1) is 0 Å². The first-order valence-electron chi connectivity index (χ1n) is 5.91. The van der Waals surface area contributed by atoms with Crippen molar-refractivity contribution in [3.8, 4) is 0 Å². The van der Waals surface area contributed by atoms with E-state index in [0.29, 0.717) is 30.3 Å². The molecule has 0 saturated carbocycles. The van der Waals surface area contributed by atoms with E-state index in [2.05, 4.69) is 4.72 Å². The van der Waals surface area contributed by atoms with Crippen molar-refractivity contribution in [2.75, 3.05) is 13.1 Å². The van der Waals surface area contributed by atoms with Gasteiger partial charge in [0.2, 0.25) is 15.9 Å². The number of carbonyl (C=O) groups excluding carboxylic acids is 1. The van der Waals surface area contributed by atoms with Crippen molar-refractivity contribution in [2.45, 2.75) is 30.0 Å². The summed E-state index contributed by atoms with van der Waals surface area (Å²) in [4.78, 5) is 12.9. The first-order valence-corrected chi connectivity index (χ1v) is 8.59. The summed E-state index contributed by atoms with van der Waals surface area (Å²) < 4.78 is 27.5. The molecule has 0 radical (unpaired) electrons. The smallest absolute Gasteiger partial charge is 0.250 e. The summed E-state index contributed by atoms with van der Waals surface area (Å²) in [5.41, 5.74) is 0. The minimum absolute atomic E-state index is 0.0337. The lowest BCUT2D eigenvalue weighted by Gasteiger charge is -2.31. The van der Waals surface area contributed by atoms with Gasteiger partial charge in [-0.2, -0.15) is 0 Å². The number of rotatable bonds is 3. The molecule has 1 amide bonds. The minimum atomic E-state index is -3.50. The predicted octanol–water partition coefficient (Wildman–Crippen LogP) is 1.69. The van der Waals surface area contributed by atoms with Gasteiger partial charge in [0.05, 0.1) is 4.34 Å². The van der Waals surface area contributed by atoms with Crippen molar-refractivity contribution >= 4 is 38.9 Å². The Kier molecular flexibility index (Phi) is 4.50. The Morgan fingerprint density at radius 2 is 2.05 bits per heavy atom. The Labute approximate surface area is 121 Å². The van der Waals surface area contributed by atoms with Crippen molar-refractivity contribution in [1.29, 1.82) is 0 Å². The van der Waals surface area contributed by atoms with Gasteiger partial charge >= 0.3 is 0 Å². The SMILES string of the molecule is CC(=O)N1CCC(NS(=O)(=O)c2ccc(Cl)s2)CC1. The number of amides is 1.